The fourth-order valence-corrected chi connectivity index (χ4v) is 5.69. The Hall–Kier alpha value is -3.64. The van der Waals surface area contributed by atoms with E-state index in [9.17, 15) is 22.1 Å². The molecule has 0 aliphatic rings. The molecule has 0 aliphatic heterocycles. The quantitative estimate of drug-likeness (QED) is 0.167. The highest BCUT2D eigenvalue weighted by molar-refractivity contribution is 8.05. The SMILES string of the molecule is COCc1cc(C(C)(C)C)cc(COC)c1OS(=O)(=O)C(F)(F)S(=O)(=O)O/N=C(/C#N)c1ccc2ccccc2c1. The Morgan fingerprint density at radius 2 is 1.44 bits per heavy atom. The van der Waals surface area contributed by atoms with E-state index >= 15 is 8.78 Å². The topological polar surface area (TPSA) is 141 Å². The molecule has 14 heteroatoms. The number of benzene rings is 3. The van der Waals surface area contributed by atoms with E-state index in [-0.39, 0.29) is 29.9 Å². The standard InChI is InChI=1S/C27H28F2N2O8S2/c1-26(2,3)23-13-21(16-36-4)25(22(14-23)17-37-5)38-40(32,33)27(28,29)41(34,35)39-31-24(15-30)20-11-10-18-8-6-7-9-19(18)12-20/h6-14H,16-17H2,1-5H3/b31-24-. The van der Waals surface area contributed by atoms with Gasteiger partial charge in [0.1, 0.15) is 6.07 Å². The molecule has 3 aromatic rings. The molecule has 0 radical (unpaired) electrons. The number of ether oxygens (including phenoxy) is 2. The lowest BCUT2D eigenvalue weighted by atomic mass is 9.85. The van der Waals surface area contributed by atoms with Crippen LogP contribution in [0.5, 0.6) is 5.75 Å². The van der Waals surface area contributed by atoms with Crippen molar-refractivity contribution in [3.05, 3.63) is 76.9 Å². The smallest absolute Gasteiger partial charge is 0.380 e. The lowest BCUT2D eigenvalue weighted by Gasteiger charge is -2.24. The van der Waals surface area contributed by atoms with Gasteiger partial charge in [0.15, 0.2) is 11.5 Å². The van der Waals surface area contributed by atoms with Crippen LogP contribution < -0.4 is 4.18 Å². The highest BCUT2D eigenvalue weighted by atomic mass is 32.3. The van der Waals surface area contributed by atoms with Gasteiger partial charge in [-0.25, -0.2) is 0 Å². The summed E-state index contributed by atoms with van der Waals surface area (Å²) < 4.78 is 94.0. The third-order valence-electron chi connectivity index (χ3n) is 5.84. The van der Waals surface area contributed by atoms with Crippen LogP contribution in [-0.2, 0) is 52.6 Å². The van der Waals surface area contributed by atoms with E-state index in [1.165, 1.54) is 38.5 Å². The van der Waals surface area contributed by atoms with Crippen molar-refractivity contribution in [1.82, 2.24) is 0 Å². The zero-order valence-corrected chi connectivity index (χ0v) is 24.5. The molecule has 0 fully saturated rings. The molecule has 41 heavy (non-hydrogen) atoms. The number of hydrogen-bond donors (Lipinski definition) is 0. The molecule has 0 saturated heterocycles. The average Bonchev–Trinajstić information content (AvgIpc) is 2.90. The lowest BCUT2D eigenvalue weighted by molar-refractivity contribution is 0.142. The maximum absolute atomic E-state index is 15.1. The molecule has 0 spiro atoms. The second-order valence-corrected chi connectivity index (χ2v) is 13.3. The molecule has 0 amide bonds. The van der Waals surface area contributed by atoms with Crippen molar-refractivity contribution in [3.8, 4) is 11.8 Å². The van der Waals surface area contributed by atoms with Crippen molar-refractivity contribution in [1.29, 1.82) is 5.26 Å². The fourth-order valence-electron chi connectivity index (χ4n) is 3.71. The van der Waals surface area contributed by atoms with E-state index < -0.39 is 41.7 Å². The van der Waals surface area contributed by atoms with Gasteiger partial charge in [0.05, 0.1) is 13.2 Å². The number of alkyl halides is 2. The summed E-state index contributed by atoms with van der Waals surface area (Å²) in [7, 11) is -9.99. The van der Waals surface area contributed by atoms with Crippen LogP contribution in [0.3, 0.4) is 0 Å². The Labute approximate surface area is 237 Å². The van der Waals surface area contributed by atoms with E-state index in [4.69, 9.17) is 13.7 Å². The molecular formula is C27H28F2N2O8S2. The Balaban J connectivity index is 2.00. The monoisotopic (exact) mass is 610 g/mol. The van der Waals surface area contributed by atoms with E-state index in [0.29, 0.717) is 10.9 Å². The first-order valence-electron chi connectivity index (χ1n) is 11.9. The molecule has 0 N–H and O–H groups in total. The molecule has 0 aliphatic carbocycles. The summed E-state index contributed by atoms with van der Waals surface area (Å²) in [5.74, 6) is -0.575. The maximum Gasteiger partial charge on any atom is 0.519 e. The summed E-state index contributed by atoms with van der Waals surface area (Å²) in [6, 6.07) is 16.0. The normalized spacial score (nSPS) is 13.2. The van der Waals surface area contributed by atoms with Crippen LogP contribution in [-0.4, -0.2) is 41.4 Å². The van der Waals surface area contributed by atoms with E-state index in [0.717, 1.165) is 5.39 Å². The van der Waals surface area contributed by atoms with Crippen molar-refractivity contribution in [2.24, 2.45) is 5.16 Å². The summed E-state index contributed by atoms with van der Waals surface area (Å²) in [5.41, 5.74) is -0.259. The largest absolute Gasteiger partial charge is 0.519 e. The highest BCUT2D eigenvalue weighted by Gasteiger charge is 2.63. The Morgan fingerprint density at radius 3 is 1.95 bits per heavy atom. The third kappa shape index (κ3) is 6.82. The van der Waals surface area contributed by atoms with Crippen molar-refractivity contribution in [3.63, 3.8) is 0 Å². The number of halogens is 2. The number of nitriles is 1. The lowest BCUT2D eigenvalue weighted by Crippen LogP contribution is -2.41. The highest BCUT2D eigenvalue weighted by Crippen LogP contribution is 2.38. The maximum atomic E-state index is 15.1. The number of oxime groups is 1. The van der Waals surface area contributed by atoms with E-state index in [1.807, 2.05) is 20.8 Å². The molecular weight excluding hydrogens is 582 g/mol. The van der Waals surface area contributed by atoms with Crippen LogP contribution in [0.15, 0.2) is 59.8 Å². The van der Waals surface area contributed by atoms with Crippen molar-refractivity contribution >= 4 is 36.7 Å². The molecule has 10 nitrogen and oxygen atoms in total. The molecule has 0 unspecified atom stereocenters. The number of fused-ring (bicyclic) bond motifs is 1. The van der Waals surface area contributed by atoms with E-state index in [2.05, 4.69) is 9.44 Å². The van der Waals surface area contributed by atoms with Gasteiger partial charge >= 0.3 is 24.8 Å². The zero-order chi connectivity index (χ0) is 30.6. The summed E-state index contributed by atoms with van der Waals surface area (Å²) in [5, 5.41) is 13.9. The summed E-state index contributed by atoms with van der Waals surface area (Å²) in [6.07, 6.45) is 0. The second kappa shape index (κ2) is 12.1. The molecule has 3 aromatic carbocycles. The van der Waals surface area contributed by atoms with Crippen molar-refractivity contribution < 1.29 is 43.6 Å². The van der Waals surface area contributed by atoms with Crippen LogP contribution in [0.4, 0.5) is 8.78 Å². The molecule has 3 rings (SSSR count). The van der Waals surface area contributed by atoms with Gasteiger partial charge in [0.2, 0.25) is 0 Å². The van der Waals surface area contributed by atoms with Crippen molar-refractivity contribution in [2.75, 3.05) is 14.2 Å². The molecule has 220 valence electrons. The van der Waals surface area contributed by atoms with Gasteiger partial charge in [-0.05, 0) is 39.9 Å². The number of methoxy groups -OCH3 is 2. The summed E-state index contributed by atoms with van der Waals surface area (Å²) >= 11 is 0. The molecule has 0 heterocycles. The predicted octanol–water partition coefficient (Wildman–Crippen LogP) is 4.96. The first-order valence-corrected chi connectivity index (χ1v) is 14.8. The molecule has 0 bridgehead atoms. The van der Waals surface area contributed by atoms with Gasteiger partial charge in [-0.15, -0.1) is 0 Å². The molecule has 0 atom stereocenters. The van der Waals surface area contributed by atoms with Gasteiger partial charge < -0.3 is 13.7 Å². The van der Waals surface area contributed by atoms with Crippen LogP contribution >= 0.6 is 0 Å². The Kier molecular flexibility index (Phi) is 9.39. The van der Waals surface area contributed by atoms with Gasteiger partial charge in [0, 0.05) is 30.9 Å². The molecule has 0 saturated carbocycles. The van der Waals surface area contributed by atoms with Gasteiger partial charge in [-0.1, -0.05) is 62.3 Å². The minimum absolute atomic E-state index is 0.0520. The molecule has 0 aromatic heterocycles. The van der Waals surface area contributed by atoms with Gasteiger partial charge in [-0.2, -0.15) is 30.9 Å². The first-order chi connectivity index (χ1) is 19.1. The van der Waals surface area contributed by atoms with Crippen LogP contribution in [0.1, 0.15) is 43.0 Å². The Bertz CT molecular complexity index is 1700. The van der Waals surface area contributed by atoms with Crippen LogP contribution in [0.25, 0.3) is 10.8 Å². The summed E-state index contributed by atoms with van der Waals surface area (Å²) in [4.78, 5) is 0. The zero-order valence-electron chi connectivity index (χ0n) is 22.8. The number of hydrogen-bond acceptors (Lipinski definition) is 10. The van der Waals surface area contributed by atoms with Crippen LogP contribution in [0.2, 0.25) is 0 Å². The third-order valence-corrected chi connectivity index (χ3v) is 8.88. The van der Waals surface area contributed by atoms with Gasteiger partial charge in [-0.3, -0.25) is 4.28 Å². The second-order valence-electron chi connectivity index (χ2n) is 9.88. The minimum atomic E-state index is -6.32. The number of rotatable bonds is 11. The van der Waals surface area contributed by atoms with Gasteiger partial charge in [0.25, 0.3) is 0 Å². The first kappa shape index (κ1) is 31.9. The Morgan fingerprint density at radius 1 is 0.878 bits per heavy atom. The van der Waals surface area contributed by atoms with Crippen LogP contribution in [0, 0.1) is 11.3 Å². The fraction of sp³-hybridized carbons (Fsp3) is 0.333. The van der Waals surface area contributed by atoms with E-state index in [1.54, 1.807) is 36.4 Å². The minimum Gasteiger partial charge on any atom is -0.380 e. The predicted molar refractivity (Wildman–Crippen MR) is 147 cm³/mol. The van der Waals surface area contributed by atoms with Crippen molar-refractivity contribution in [2.45, 2.75) is 44.0 Å². The average molecular weight is 611 g/mol. The number of nitrogens with zero attached hydrogens (tertiary/aromatic N) is 2. The summed E-state index contributed by atoms with van der Waals surface area (Å²) in [6.45, 7) is 5.13.